The molecule has 0 aliphatic rings. The Kier molecular flexibility index (Phi) is 8.38. The maximum absolute atomic E-state index is 9.59. The summed E-state index contributed by atoms with van der Waals surface area (Å²) < 4.78 is 0. The third kappa shape index (κ3) is 6.68. The Labute approximate surface area is 295 Å². The van der Waals surface area contributed by atoms with Crippen LogP contribution in [0.2, 0.25) is 0 Å². The molecule has 0 saturated carbocycles. The molecule has 0 radical (unpaired) electrons. The Morgan fingerprint density at radius 1 is 0.420 bits per heavy atom. The van der Waals surface area contributed by atoms with Gasteiger partial charge in [0.1, 0.15) is 0 Å². The highest BCUT2D eigenvalue weighted by atomic mass is 14.8. The van der Waals surface area contributed by atoms with Crippen LogP contribution in [0, 0.1) is 11.3 Å². The number of nitriles is 1. The van der Waals surface area contributed by atoms with Gasteiger partial charge in [0, 0.05) is 22.3 Å². The van der Waals surface area contributed by atoms with E-state index in [1.165, 1.54) is 11.1 Å². The Hall–Kier alpha value is -5.92. The highest BCUT2D eigenvalue weighted by Crippen LogP contribution is 2.36. The summed E-state index contributed by atoms with van der Waals surface area (Å²) in [4.78, 5) is 15.3. The van der Waals surface area contributed by atoms with Gasteiger partial charge < -0.3 is 0 Å². The molecule has 0 aliphatic carbocycles. The second kappa shape index (κ2) is 12.8. The van der Waals surface area contributed by atoms with Crippen LogP contribution in [0.15, 0.2) is 133 Å². The minimum atomic E-state index is 0.0727. The molecule has 7 rings (SSSR count). The van der Waals surface area contributed by atoms with Gasteiger partial charge in [0.15, 0.2) is 0 Å². The van der Waals surface area contributed by atoms with E-state index in [0.29, 0.717) is 5.56 Å². The van der Waals surface area contributed by atoms with E-state index >= 15 is 0 Å². The maximum Gasteiger partial charge on any atom is 0.0991 e. The minimum Gasteiger partial charge on any atom is -0.248 e. The lowest BCUT2D eigenvalue weighted by Crippen LogP contribution is -2.10. The molecular weight excluding hydrogens is 609 g/mol. The van der Waals surface area contributed by atoms with Crippen molar-refractivity contribution in [1.82, 2.24) is 15.0 Å². The normalized spacial score (nSPS) is 11.8. The predicted octanol–water partition coefficient (Wildman–Crippen LogP) is 11.8. The second-order valence-electron chi connectivity index (χ2n) is 15.0. The first-order valence-electron chi connectivity index (χ1n) is 17.1. The predicted molar refractivity (Wildman–Crippen MR) is 207 cm³/mol. The molecule has 2 heterocycles. The lowest BCUT2D eigenvalue weighted by atomic mass is 9.86. The van der Waals surface area contributed by atoms with Gasteiger partial charge in [-0.1, -0.05) is 139 Å². The lowest BCUT2D eigenvalue weighted by molar-refractivity contribution is 0.590. The van der Waals surface area contributed by atoms with Crippen molar-refractivity contribution in [3.8, 4) is 62.2 Å². The van der Waals surface area contributed by atoms with Crippen LogP contribution >= 0.6 is 0 Å². The number of para-hydroxylation sites is 2. The SMILES string of the molecule is CC(C)(C)c1ccc(-c2cc(-c3ccc(-c4nc5ccccc5nc4-c4cccc(C#N)c4)cc3)cc(-c3ccc(C(C)(C)C)cc3)n2)cc1. The second-order valence-corrected chi connectivity index (χ2v) is 15.0. The zero-order valence-corrected chi connectivity index (χ0v) is 29.5. The number of fused-ring (bicyclic) bond motifs is 1. The third-order valence-electron chi connectivity index (χ3n) is 9.25. The molecule has 0 aliphatic heterocycles. The number of rotatable bonds is 5. The first kappa shape index (κ1) is 32.6. The monoisotopic (exact) mass is 648 g/mol. The fourth-order valence-corrected chi connectivity index (χ4v) is 6.23. The molecule has 244 valence electrons. The molecule has 0 atom stereocenters. The summed E-state index contributed by atoms with van der Waals surface area (Å²) in [6.45, 7) is 13.4. The fraction of sp³-hybridized carbons (Fsp3) is 0.174. The summed E-state index contributed by atoms with van der Waals surface area (Å²) in [5.41, 5.74) is 14.5. The highest BCUT2D eigenvalue weighted by molar-refractivity contribution is 5.87. The number of pyridine rings is 1. The van der Waals surface area contributed by atoms with Crippen molar-refractivity contribution in [2.24, 2.45) is 0 Å². The molecule has 4 heteroatoms. The van der Waals surface area contributed by atoms with Gasteiger partial charge in [0.2, 0.25) is 0 Å². The molecule has 7 aromatic rings. The summed E-state index contributed by atoms with van der Waals surface area (Å²) in [6, 6.07) is 48.2. The molecule has 0 amide bonds. The molecule has 0 N–H and O–H groups in total. The fourth-order valence-electron chi connectivity index (χ4n) is 6.23. The molecule has 50 heavy (non-hydrogen) atoms. The molecule has 5 aromatic carbocycles. The maximum atomic E-state index is 9.59. The average Bonchev–Trinajstić information content (AvgIpc) is 3.13. The standard InChI is InChI=1S/C46H40N4/c1-45(2,3)37-22-18-32(19-23-37)41-27-36(28-42(48-41)33-20-24-38(25-21-33)46(4,5)6)31-14-16-34(17-15-31)43-44(35-11-9-10-30(26-35)29-47)50-40-13-8-7-12-39(40)49-43/h7-28H,1-6H3. The number of hydrogen-bond acceptors (Lipinski definition) is 4. The van der Waals surface area contributed by atoms with Gasteiger partial charge in [-0.15, -0.1) is 0 Å². The Balaban J connectivity index is 1.33. The van der Waals surface area contributed by atoms with Gasteiger partial charge in [-0.3, -0.25) is 0 Å². The van der Waals surface area contributed by atoms with Crippen molar-refractivity contribution in [2.45, 2.75) is 52.4 Å². The van der Waals surface area contributed by atoms with Crippen LogP contribution in [0.5, 0.6) is 0 Å². The zero-order chi connectivity index (χ0) is 35.0. The molecular formula is C46H40N4. The molecule has 4 nitrogen and oxygen atoms in total. The first-order valence-corrected chi connectivity index (χ1v) is 17.1. The van der Waals surface area contributed by atoms with E-state index in [-0.39, 0.29) is 10.8 Å². The topological polar surface area (TPSA) is 62.5 Å². The van der Waals surface area contributed by atoms with Crippen LogP contribution < -0.4 is 0 Å². The molecule has 0 saturated heterocycles. The quantitative estimate of drug-likeness (QED) is 0.186. The Morgan fingerprint density at radius 3 is 1.36 bits per heavy atom. The van der Waals surface area contributed by atoms with Gasteiger partial charge in [-0.05, 0) is 69.5 Å². The van der Waals surface area contributed by atoms with E-state index in [1.807, 2.05) is 48.5 Å². The number of nitrogens with zero attached hydrogens (tertiary/aromatic N) is 4. The summed E-state index contributed by atoms with van der Waals surface area (Å²) in [5, 5.41) is 9.59. The van der Waals surface area contributed by atoms with Crippen LogP contribution in [0.25, 0.3) is 67.2 Å². The van der Waals surface area contributed by atoms with Crippen molar-refractivity contribution in [1.29, 1.82) is 5.26 Å². The van der Waals surface area contributed by atoms with Crippen LogP contribution in [-0.4, -0.2) is 15.0 Å². The van der Waals surface area contributed by atoms with Crippen molar-refractivity contribution < 1.29 is 0 Å². The lowest BCUT2D eigenvalue weighted by Gasteiger charge is -2.20. The van der Waals surface area contributed by atoms with E-state index in [2.05, 4.69) is 133 Å². The highest BCUT2D eigenvalue weighted by Gasteiger charge is 2.18. The van der Waals surface area contributed by atoms with Crippen LogP contribution in [0.4, 0.5) is 0 Å². The van der Waals surface area contributed by atoms with Crippen molar-refractivity contribution in [3.63, 3.8) is 0 Å². The molecule has 2 aromatic heterocycles. The van der Waals surface area contributed by atoms with Crippen molar-refractivity contribution >= 4 is 11.0 Å². The van der Waals surface area contributed by atoms with Crippen LogP contribution in [0.1, 0.15) is 58.2 Å². The largest absolute Gasteiger partial charge is 0.248 e. The first-order chi connectivity index (χ1) is 24.0. The summed E-state index contributed by atoms with van der Waals surface area (Å²) in [5.74, 6) is 0. The number of benzene rings is 5. The zero-order valence-electron chi connectivity index (χ0n) is 29.5. The van der Waals surface area contributed by atoms with Gasteiger partial charge in [-0.2, -0.15) is 5.26 Å². The van der Waals surface area contributed by atoms with E-state index < -0.39 is 0 Å². The molecule has 0 spiro atoms. The average molecular weight is 649 g/mol. The molecule has 0 unspecified atom stereocenters. The van der Waals surface area contributed by atoms with Crippen LogP contribution in [0.3, 0.4) is 0 Å². The smallest absolute Gasteiger partial charge is 0.0991 e. The van der Waals surface area contributed by atoms with E-state index in [0.717, 1.165) is 67.2 Å². The third-order valence-corrected chi connectivity index (χ3v) is 9.25. The van der Waals surface area contributed by atoms with Gasteiger partial charge in [0.05, 0.1) is 45.4 Å². The summed E-state index contributed by atoms with van der Waals surface area (Å²) >= 11 is 0. The summed E-state index contributed by atoms with van der Waals surface area (Å²) in [7, 11) is 0. The minimum absolute atomic E-state index is 0.0727. The Morgan fingerprint density at radius 2 is 0.880 bits per heavy atom. The van der Waals surface area contributed by atoms with E-state index in [9.17, 15) is 5.26 Å². The van der Waals surface area contributed by atoms with Gasteiger partial charge in [0.25, 0.3) is 0 Å². The van der Waals surface area contributed by atoms with E-state index in [1.54, 1.807) is 0 Å². The number of hydrogen-bond donors (Lipinski definition) is 0. The molecule has 0 fully saturated rings. The summed E-state index contributed by atoms with van der Waals surface area (Å²) in [6.07, 6.45) is 0. The van der Waals surface area contributed by atoms with Crippen molar-refractivity contribution in [3.05, 3.63) is 150 Å². The Bertz CT molecular complexity index is 2290. The van der Waals surface area contributed by atoms with Gasteiger partial charge >= 0.3 is 0 Å². The van der Waals surface area contributed by atoms with Gasteiger partial charge in [-0.25, -0.2) is 15.0 Å². The molecule has 0 bridgehead atoms. The number of aromatic nitrogens is 3. The van der Waals surface area contributed by atoms with Crippen LogP contribution in [-0.2, 0) is 10.8 Å². The van der Waals surface area contributed by atoms with Crippen molar-refractivity contribution in [2.75, 3.05) is 0 Å². The van der Waals surface area contributed by atoms with E-state index in [4.69, 9.17) is 15.0 Å².